The van der Waals surface area contributed by atoms with Gasteiger partial charge in [0.1, 0.15) is 18.2 Å². The normalized spacial score (nSPS) is 17.5. The van der Waals surface area contributed by atoms with Crippen LogP contribution in [0.3, 0.4) is 0 Å². The minimum atomic E-state index is -1.38. The van der Waals surface area contributed by atoms with E-state index in [1.165, 1.54) is 18.2 Å². The van der Waals surface area contributed by atoms with E-state index in [0.717, 1.165) is 32.1 Å². The van der Waals surface area contributed by atoms with Crippen LogP contribution >= 0.6 is 0 Å². The Balaban J connectivity index is 2.36. The molecule has 11 heteroatoms. The number of carbonyl (C=O) groups excluding carboxylic acids is 3. The highest BCUT2D eigenvalue weighted by Gasteiger charge is 2.34. The van der Waals surface area contributed by atoms with Crippen molar-refractivity contribution in [2.75, 3.05) is 6.61 Å². The number of aliphatic carboxylic acids is 1. The van der Waals surface area contributed by atoms with Crippen molar-refractivity contribution < 1.29 is 48.0 Å². The summed E-state index contributed by atoms with van der Waals surface area (Å²) in [4.78, 5) is 49.7. The zero-order valence-electron chi connectivity index (χ0n) is 25.8. The lowest BCUT2D eigenvalue weighted by atomic mass is 9.82. The molecule has 1 aromatic rings. The number of benzene rings is 1. The summed E-state index contributed by atoms with van der Waals surface area (Å²) in [6, 6.07) is 2.89. The first kappa shape index (κ1) is 34.9. The van der Waals surface area contributed by atoms with E-state index >= 15 is 0 Å². The van der Waals surface area contributed by atoms with Crippen molar-refractivity contribution in [3.05, 3.63) is 23.8 Å². The Morgan fingerprint density at radius 2 is 1.36 bits per heavy atom. The van der Waals surface area contributed by atoms with Crippen molar-refractivity contribution in [2.24, 2.45) is 29.4 Å². The Morgan fingerprint density at radius 1 is 0.833 bits per heavy atom. The lowest BCUT2D eigenvalue weighted by Crippen LogP contribution is -2.41. The molecule has 1 aliphatic rings. The molecular formula is C31H47NO10. The van der Waals surface area contributed by atoms with Crippen LogP contribution < -0.4 is 15.2 Å². The molecule has 0 aliphatic heterocycles. The van der Waals surface area contributed by atoms with E-state index in [-0.39, 0.29) is 41.8 Å². The van der Waals surface area contributed by atoms with E-state index in [0.29, 0.717) is 5.56 Å². The number of nitrogens with two attached hydrogens (primary N) is 1. The zero-order valence-corrected chi connectivity index (χ0v) is 25.8. The Hall–Kier alpha value is -3.34. The van der Waals surface area contributed by atoms with Crippen LogP contribution in [0.2, 0.25) is 0 Å². The number of ether oxygens (including phenoxy) is 5. The summed E-state index contributed by atoms with van der Waals surface area (Å²) in [5, 5.41) is 9.79. The predicted octanol–water partition coefficient (Wildman–Crippen LogP) is 6.06. The number of hydrogen-bond acceptors (Lipinski definition) is 10. The van der Waals surface area contributed by atoms with Crippen LogP contribution in [0.4, 0.5) is 9.59 Å². The predicted molar refractivity (Wildman–Crippen MR) is 154 cm³/mol. The molecule has 5 atom stereocenters. The molecule has 1 saturated carbocycles. The number of carbonyl (C=O) groups is 4. The Kier molecular flexibility index (Phi) is 13.6. The third kappa shape index (κ3) is 10.5. The van der Waals surface area contributed by atoms with E-state index in [1.54, 1.807) is 20.8 Å². The molecule has 0 radical (unpaired) electrons. The third-order valence-electron chi connectivity index (χ3n) is 7.89. The summed E-state index contributed by atoms with van der Waals surface area (Å²) >= 11 is 0. The second-order valence-electron chi connectivity index (χ2n) is 11.9. The van der Waals surface area contributed by atoms with Crippen molar-refractivity contribution in [3.63, 3.8) is 0 Å². The van der Waals surface area contributed by atoms with Gasteiger partial charge in [-0.05, 0) is 62.1 Å². The summed E-state index contributed by atoms with van der Waals surface area (Å²) in [6.07, 6.45) is 1.66. The Morgan fingerprint density at radius 3 is 1.86 bits per heavy atom. The topological polar surface area (TPSA) is 161 Å². The van der Waals surface area contributed by atoms with Gasteiger partial charge in [-0.3, -0.25) is 9.59 Å². The van der Waals surface area contributed by atoms with Crippen molar-refractivity contribution in [3.8, 4) is 11.5 Å². The number of carboxylic acid groups (broad SMARTS) is 1. The van der Waals surface area contributed by atoms with Crippen molar-refractivity contribution in [2.45, 2.75) is 105 Å². The molecule has 0 aromatic heterocycles. The maximum absolute atomic E-state index is 12.6. The lowest BCUT2D eigenvalue weighted by Gasteiger charge is -2.29. The molecule has 2 rings (SSSR count). The van der Waals surface area contributed by atoms with E-state index in [1.807, 2.05) is 27.7 Å². The maximum Gasteiger partial charge on any atom is 0.514 e. The van der Waals surface area contributed by atoms with E-state index < -0.39 is 48.4 Å². The molecule has 1 aromatic carbocycles. The highest BCUT2D eigenvalue weighted by molar-refractivity contribution is 5.75. The first-order valence-corrected chi connectivity index (χ1v) is 14.8. The van der Waals surface area contributed by atoms with Gasteiger partial charge in [0.2, 0.25) is 0 Å². The lowest BCUT2D eigenvalue weighted by molar-refractivity contribution is -0.151. The Bertz CT molecular complexity index is 1070. The second kappa shape index (κ2) is 16.3. The van der Waals surface area contributed by atoms with Gasteiger partial charge in [0, 0.05) is 5.92 Å². The monoisotopic (exact) mass is 593 g/mol. The first-order chi connectivity index (χ1) is 19.7. The molecule has 1 fully saturated rings. The summed E-state index contributed by atoms with van der Waals surface area (Å²) < 4.78 is 27.0. The average Bonchev–Trinajstić information content (AvgIpc) is 2.93. The molecule has 236 valence electrons. The van der Waals surface area contributed by atoms with Crippen LogP contribution in [0.1, 0.15) is 92.1 Å². The summed E-state index contributed by atoms with van der Waals surface area (Å²) in [5.74, 6) is -3.35. The smallest absolute Gasteiger partial charge is 0.480 e. The van der Waals surface area contributed by atoms with Crippen molar-refractivity contribution in [1.29, 1.82) is 0 Å². The van der Waals surface area contributed by atoms with Gasteiger partial charge in [0.15, 0.2) is 11.5 Å². The Labute approximate surface area is 248 Å². The van der Waals surface area contributed by atoms with Gasteiger partial charge < -0.3 is 34.5 Å². The number of esters is 1. The fourth-order valence-electron chi connectivity index (χ4n) is 4.52. The highest BCUT2D eigenvalue weighted by atomic mass is 16.7. The first-order valence-electron chi connectivity index (χ1n) is 14.8. The SMILES string of the molecule is CC(C)C(C)OC(=O)Oc1ccc(C(C(C)COC(=O)C2CCCCC2)[C@H](N)C(=O)O)cc1OC(=O)OC(C)C(C)C. The average molecular weight is 594 g/mol. The summed E-state index contributed by atoms with van der Waals surface area (Å²) in [6.45, 7) is 12.6. The number of rotatable bonds is 13. The molecule has 0 amide bonds. The third-order valence-corrected chi connectivity index (χ3v) is 7.89. The van der Waals surface area contributed by atoms with Crippen LogP contribution in [0.5, 0.6) is 11.5 Å². The number of carboxylic acids is 1. The van der Waals surface area contributed by atoms with Gasteiger partial charge in [-0.2, -0.15) is 0 Å². The highest BCUT2D eigenvalue weighted by Crippen LogP contribution is 2.36. The second-order valence-corrected chi connectivity index (χ2v) is 11.9. The van der Waals surface area contributed by atoms with Gasteiger partial charge in [-0.25, -0.2) is 9.59 Å². The maximum atomic E-state index is 12.6. The quantitative estimate of drug-likeness (QED) is 0.155. The largest absolute Gasteiger partial charge is 0.514 e. The molecule has 11 nitrogen and oxygen atoms in total. The van der Waals surface area contributed by atoms with Crippen LogP contribution in [0.25, 0.3) is 0 Å². The summed E-state index contributed by atoms with van der Waals surface area (Å²) in [7, 11) is 0. The fraction of sp³-hybridized carbons (Fsp3) is 0.677. The molecular weight excluding hydrogens is 546 g/mol. The minimum Gasteiger partial charge on any atom is -0.480 e. The van der Waals surface area contributed by atoms with E-state index in [2.05, 4.69) is 0 Å². The standard InChI is InChI=1S/C31H47NO10/c1-17(2)20(6)39-30(36)41-24-14-13-23(15-25(24)42-31(37)40-21(7)18(3)4)26(27(32)28(33)34)19(5)16-38-29(35)22-11-9-8-10-12-22/h13-15,17-22,26-27H,8-12,16,32H2,1-7H3,(H,33,34)/t19?,20?,21?,26?,27-/m0/s1. The minimum absolute atomic E-state index is 0.0159. The van der Waals surface area contributed by atoms with Crippen LogP contribution in [-0.2, 0) is 23.8 Å². The fourth-order valence-corrected chi connectivity index (χ4v) is 4.52. The van der Waals surface area contributed by atoms with Crippen LogP contribution in [0.15, 0.2) is 18.2 Å². The van der Waals surface area contributed by atoms with Gasteiger partial charge in [-0.1, -0.05) is 59.9 Å². The van der Waals surface area contributed by atoms with Crippen molar-refractivity contribution >= 4 is 24.2 Å². The molecule has 0 heterocycles. The molecule has 0 spiro atoms. The number of hydrogen-bond donors (Lipinski definition) is 2. The molecule has 4 unspecified atom stereocenters. The summed E-state index contributed by atoms with van der Waals surface area (Å²) in [5.41, 5.74) is 6.49. The van der Waals surface area contributed by atoms with Crippen LogP contribution in [0, 0.1) is 23.7 Å². The molecule has 0 saturated heterocycles. The van der Waals surface area contributed by atoms with E-state index in [9.17, 15) is 24.3 Å². The van der Waals surface area contributed by atoms with Gasteiger partial charge >= 0.3 is 24.2 Å². The van der Waals surface area contributed by atoms with Gasteiger partial charge in [0.25, 0.3) is 0 Å². The molecule has 0 bridgehead atoms. The van der Waals surface area contributed by atoms with Gasteiger partial charge in [-0.15, -0.1) is 0 Å². The zero-order chi connectivity index (χ0) is 31.6. The van der Waals surface area contributed by atoms with Crippen molar-refractivity contribution in [1.82, 2.24) is 0 Å². The van der Waals surface area contributed by atoms with Gasteiger partial charge in [0.05, 0.1) is 12.5 Å². The molecule has 3 N–H and O–H groups in total. The van der Waals surface area contributed by atoms with Crippen LogP contribution in [-0.4, -0.2) is 54.2 Å². The molecule has 42 heavy (non-hydrogen) atoms. The van der Waals surface area contributed by atoms with E-state index in [4.69, 9.17) is 29.4 Å². The molecule has 1 aliphatic carbocycles.